The summed E-state index contributed by atoms with van der Waals surface area (Å²) in [5.41, 5.74) is 4.44. The lowest BCUT2D eigenvalue weighted by molar-refractivity contribution is -0.127. The second-order valence-corrected chi connectivity index (χ2v) is 8.28. The largest absolute Gasteiger partial charge is 0.313 e. The molecular formula is C20H25N5OS. The molecule has 1 aromatic carbocycles. The summed E-state index contributed by atoms with van der Waals surface area (Å²) < 4.78 is 1.75. The first-order chi connectivity index (χ1) is 13.1. The van der Waals surface area contributed by atoms with Crippen molar-refractivity contribution in [3.05, 3.63) is 41.1 Å². The van der Waals surface area contributed by atoms with E-state index in [-0.39, 0.29) is 5.91 Å². The normalized spacial score (nSPS) is 16.9. The highest BCUT2D eigenvalue weighted by Crippen LogP contribution is 2.34. The van der Waals surface area contributed by atoms with Gasteiger partial charge in [0.25, 0.3) is 0 Å². The topological polar surface area (TPSA) is 63.9 Å². The van der Waals surface area contributed by atoms with E-state index in [1.807, 2.05) is 32.0 Å². The first-order valence-corrected chi connectivity index (χ1v) is 10.6. The second kappa shape index (κ2) is 7.84. The van der Waals surface area contributed by atoms with Crippen LogP contribution in [0, 0.1) is 13.8 Å². The Kier molecular flexibility index (Phi) is 5.29. The quantitative estimate of drug-likeness (QED) is 0.710. The standard InChI is InChI=1S/C20H25N5OS/c1-14-7-6-8-15(2)19(14)25-20(21-22-23-25)27-13-18(26)24(17-11-12-17)16-9-4-3-5-10-16/h6-9,17H,3-5,10-13H2,1-2H3. The van der Waals surface area contributed by atoms with Gasteiger partial charge in [-0.2, -0.15) is 4.68 Å². The van der Waals surface area contributed by atoms with Crippen LogP contribution >= 0.6 is 11.8 Å². The summed E-state index contributed by atoms with van der Waals surface area (Å²) in [7, 11) is 0. The van der Waals surface area contributed by atoms with Crippen molar-refractivity contribution in [1.29, 1.82) is 0 Å². The van der Waals surface area contributed by atoms with Gasteiger partial charge in [0.15, 0.2) is 0 Å². The van der Waals surface area contributed by atoms with E-state index in [9.17, 15) is 4.79 Å². The molecule has 142 valence electrons. The Labute approximate surface area is 164 Å². The van der Waals surface area contributed by atoms with Crippen molar-refractivity contribution >= 4 is 17.7 Å². The summed E-state index contributed by atoms with van der Waals surface area (Å²) in [6.07, 6.45) is 9.01. The van der Waals surface area contributed by atoms with Crippen molar-refractivity contribution in [2.24, 2.45) is 0 Å². The van der Waals surface area contributed by atoms with Crippen LogP contribution in [-0.4, -0.2) is 42.8 Å². The zero-order valence-electron chi connectivity index (χ0n) is 15.9. The van der Waals surface area contributed by atoms with Gasteiger partial charge in [0.1, 0.15) is 0 Å². The van der Waals surface area contributed by atoms with Crippen LogP contribution in [0.1, 0.15) is 49.7 Å². The average Bonchev–Trinajstić information content (AvgIpc) is 3.39. The fourth-order valence-electron chi connectivity index (χ4n) is 3.72. The van der Waals surface area contributed by atoms with Crippen LogP contribution in [0.5, 0.6) is 0 Å². The van der Waals surface area contributed by atoms with Crippen LogP contribution < -0.4 is 0 Å². The van der Waals surface area contributed by atoms with Crippen molar-refractivity contribution in [3.63, 3.8) is 0 Å². The summed E-state index contributed by atoms with van der Waals surface area (Å²) in [6.45, 7) is 4.10. The molecule has 1 saturated carbocycles. The lowest BCUT2D eigenvalue weighted by Gasteiger charge is -2.27. The van der Waals surface area contributed by atoms with E-state index in [0.29, 0.717) is 17.0 Å². The Hall–Kier alpha value is -2.15. The number of tetrazole rings is 1. The molecule has 0 aliphatic heterocycles. The van der Waals surface area contributed by atoms with Crippen LogP contribution in [0.25, 0.3) is 5.69 Å². The van der Waals surface area contributed by atoms with Crippen molar-refractivity contribution in [2.75, 3.05) is 5.75 Å². The number of aryl methyl sites for hydroxylation is 2. The average molecular weight is 384 g/mol. The van der Waals surface area contributed by atoms with E-state index in [4.69, 9.17) is 0 Å². The van der Waals surface area contributed by atoms with Gasteiger partial charge in [0, 0.05) is 11.7 Å². The second-order valence-electron chi connectivity index (χ2n) is 7.34. The molecule has 0 unspecified atom stereocenters. The molecule has 2 aliphatic carbocycles. The first-order valence-electron chi connectivity index (χ1n) is 9.64. The molecule has 0 atom stereocenters. The molecule has 1 aromatic heterocycles. The van der Waals surface area contributed by atoms with E-state index < -0.39 is 0 Å². The number of nitrogens with zero attached hydrogens (tertiary/aromatic N) is 5. The predicted octanol–water partition coefficient (Wildman–Crippen LogP) is 3.82. The van der Waals surface area contributed by atoms with E-state index >= 15 is 0 Å². The number of carbonyl (C=O) groups is 1. The molecule has 1 heterocycles. The lowest BCUT2D eigenvalue weighted by Crippen LogP contribution is -2.34. The number of rotatable bonds is 6. The molecule has 4 rings (SSSR count). The molecule has 0 spiro atoms. The molecule has 2 aromatic rings. The van der Waals surface area contributed by atoms with Crippen molar-refractivity contribution in [2.45, 2.75) is 63.6 Å². The highest BCUT2D eigenvalue weighted by molar-refractivity contribution is 7.99. The highest BCUT2D eigenvalue weighted by atomic mass is 32.2. The molecular weight excluding hydrogens is 358 g/mol. The number of allylic oxidation sites excluding steroid dienone is 2. The van der Waals surface area contributed by atoms with Crippen molar-refractivity contribution < 1.29 is 4.79 Å². The first kappa shape index (κ1) is 18.2. The Balaban J connectivity index is 1.50. The third-order valence-electron chi connectivity index (χ3n) is 5.17. The number of hydrogen-bond donors (Lipinski definition) is 0. The van der Waals surface area contributed by atoms with E-state index in [0.717, 1.165) is 42.5 Å². The van der Waals surface area contributed by atoms with Gasteiger partial charge >= 0.3 is 0 Å². The molecule has 7 heteroatoms. The Bertz CT molecular complexity index is 851. The monoisotopic (exact) mass is 383 g/mol. The number of thioether (sulfide) groups is 1. The minimum atomic E-state index is 0.173. The van der Waals surface area contributed by atoms with Gasteiger partial charge < -0.3 is 4.90 Å². The maximum atomic E-state index is 13.0. The van der Waals surface area contributed by atoms with Gasteiger partial charge in [0.2, 0.25) is 11.1 Å². The predicted molar refractivity (Wildman–Crippen MR) is 106 cm³/mol. The van der Waals surface area contributed by atoms with Gasteiger partial charge in [-0.05, 0) is 73.9 Å². The summed E-state index contributed by atoms with van der Waals surface area (Å²) in [5, 5.41) is 12.8. The molecule has 27 heavy (non-hydrogen) atoms. The maximum absolute atomic E-state index is 13.0. The van der Waals surface area contributed by atoms with Crippen molar-refractivity contribution in [1.82, 2.24) is 25.1 Å². The number of aromatic nitrogens is 4. The van der Waals surface area contributed by atoms with Crippen LogP contribution in [0.15, 0.2) is 35.1 Å². The number of hydrogen-bond acceptors (Lipinski definition) is 5. The molecule has 1 fully saturated rings. The van der Waals surface area contributed by atoms with Gasteiger partial charge in [-0.3, -0.25) is 4.79 Å². The fourth-order valence-corrected chi connectivity index (χ4v) is 4.45. The van der Waals surface area contributed by atoms with Gasteiger partial charge in [-0.15, -0.1) is 5.10 Å². The molecule has 6 nitrogen and oxygen atoms in total. The zero-order valence-corrected chi connectivity index (χ0v) is 16.7. The SMILES string of the molecule is Cc1cccc(C)c1-n1nnnc1SCC(=O)N(C1=CCCCC1)C1CC1. The Morgan fingerprint density at radius 2 is 2.04 bits per heavy atom. The minimum absolute atomic E-state index is 0.173. The van der Waals surface area contributed by atoms with Gasteiger partial charge in [-0.25, -0.2) is 0 Å². The lowest BCUT2D eigenvalue weighted by atomic mass is 10.0. The number of amides is 1. The molecule has 2 aliphatic rings. The number of carbonyl (C=O) groups excluding carboxylic acids is 1. The fraction of sp³-hybridized carbons (Fsp3) is 0.500. The van der Waals surface area contributed by atoms with Crippen LogP contribution in [-0.2, 0) is 4.79 Å². The maximum Gasteiger partial charge on any atom is 0.237 e. The molecule has 0 radical (unpaired) electrons. The van der Waals surface area contributed by atoms with Crippen molar-refractivity contribution in [3.8, 4) is 5.69 Å². The molecule has 0 saturated heterocycles. The van der Waals surface area contributed by atoms with Gasteiger partial charge in [-0.1, -0.05) is 36.0 Å². The van der Waals surface area contributed by atoms with Crippen LogP contribution in [0.3, 0.4) is 0 Å². The summed E-state index contributed by atoms with van der Waals surface area (Å²) in [4.78, 5) is 15.0. The van der Waals surface area contributed by atoms with E-state index in [1.54, 1.807) is 4.68 Å². The summed E-state index contributed by atoms with van der Waals surface area (Å²) in [6, 6.07) is 6.53. The summed E-state index contributed by atoms with van der Waals surface area (Å²) in [5.74, 6) is 0.533. The van der Waals surface area contributed by atoms with Crippen LogP contribution in [0.2, 0.25) is 0 Å². The minimum Gasteiger partial charge on any atom is -0.313 e. The van der Waals surface area contributed by atoms with Gasteiger partial charge in [0.05, 0.1) is 11.4 Å². The van der Waals surface area contributed by atoms with E-state index in [1.165, 1.54) is 30.3 Å². The summed E-state index contributed by atoms with van der Waals surface area (Å²) >= 11 is 1.42. The molecule has 0 N–H and O–H groups in total. The third-order valence-corrected chi connectivity index (χ3v) is 6.08. The van der Waals surface area contributed by atoms with E-state index in [2.05, 4.69) is 26.5 Å². The number of para-hydroxylation sites is 1. The Morgan fingerprint density at radius 1 is 1.26 bits per heavy atom. The zero-order chi connectivity index (χ0) is 18.8. The third kappa shape index (κ3) is 3.93. The smallest absolute Gasteiger partial charge is 0.237 e. The molecule has 0 bridgehead atoms. The molecule has 1 amide bonds. The number of benzene rings is 1. The van der Waals surface area contributed by atoms with Crippen LogP contribution in [0.4, 0.5) is 0 Å². The Morgan fingerprint density at radius 3 is 2.70 bits per heavy atom. The highest BCUT2D eigenvalue weighted by Gasteiger charge is 2.35.